The summed E-state index contributed by atoms with van der Waals surface area (Å²) in [6.07, 6.45) is 0. The van der Waals surface area contributed by atoms with Gasteiger partial charge in [0.25, 0.3) is 5.91 Å². The molecule has 1 aromatic heterocycles. The number of thiazole rings is 1. The smallest absolute Gasteiger partial charge is 0.270 e. The summed E-state index contributed by atoms with van der Waals surface area (Å²) in [6.45, 7) is 2.67. The van der Waals surface area contributed by atoms with Gasteiger partial charge in [-0.1, -0.05) is 23.7 Å². The van der Waals surface area contributed by atoms with Crippen molar-refractivity contribution in [2.75, 3.05) is 33.4 Å². The number of rotatable bonds is 8. The number of nitrogens with one attached hydrogen (secondary N) is 2. The van der Waals surface area contributed by atoms with Crippen molar-refractivity contribution < 1.29 is 9.53 Å². The van der Waals surface area contributed by atoms with Crippen LogP contribution in [0.4, 0.5) is 0 Å². The van der Waals surface area contributed by atoms with E-state index >= 15 is 0 Å². The first-order valence-electron chi connectivity index (χ1n) is 6.90. The summed E-state index contributed by atoms with van der Waals surface area (Å²) in [6, 6.07) is 7.40. The quantitative estimate of drug-likeness (QED) is 0.725. The summed E-state index contributed by atoms with van der Waals surface area (Å²) in [5, 5.41) is 9.24. The second-order valence-electron chi connectivity index (χ2n) is 4.54. The summed E-state index contributed by atoms with van der Waals surface area (Å²) in [4.78, 5) is 16.4. The molecule has 0 radical (unpaired) electrons. The fourth-order valence-electron chi connectivity index (χ4n) is 1.76. The first-order valence-corrected chi connectivity index (χ1v) is 8.16. The molecule has 2 N–H and O–H groups in total. The van der Waals surface area contributed by atoms with Crippen LogP contribution < -0.4 is 10.6 Å². The van der Waals surface area contributed by atoms with Crippen LogP contribution in [0.2, 0.25) is 5.02 Å². The molecule has 118 valence electrons. The number of carbonyl (C=O) groups excluding carboxylic acids is 1. The predicted molar refractivity (Wildman–Crippen MR) is 89.6 cm³/mol. The normalized spacial score (nSPS) is 10.6. The molecule has 0 aliphatic rings. The van der Waals surface area contributed by atoms with E-state index in [-0.39, 0.29) is 5.91 Å². The first kappa shape index (κ1) is 16.9. The Morgan fingerprint density at radius 3 is 2.77 bits per heavy atom. The molecule has 7 heteroatoms. The number of hydrogen-bond donors (Lipinski definition) is 2. The summed E-state index contributed by atoms with van der Waals surface area (Å²) >= 11 is 7.30. The molecule has 1 aromatic carbocycles. The summed E-state index contributed by atoms with van der Waals surface area (Å²) in [7, 11) is 1.66. The van der Waals surface area contributed by atoms with Crippen LogP contribution in [0.15, 0.2) is 29.6 Å². The first-order chi connectivity index (χ1) is 10.7. The van der Waals surface area contributed by atoms with Crippen molar-refractivity contribution in [2.24, 2.45) is 0 Å². The van der Waals surface area contributed by atoms with Gasteiger partial charge in [0.2, 0.25) is 0 Å². The van der Waals surface area contributed by atoms with Crippen LogP contribution in [-0.4, -0.2) is 44.2 Å². The fraction of sp³-hybridized carbons (Fsp3) is 0.333. The molecule has 0 fully saturated rings. The van der Waals surface area contributed by atoms with E-state index in [1.54, 1.807) is 12.5 Å². The molecule has 5 nitrogen and oxygen atoms in total. The van der Waals surface area contributed by atoms with Crippen molar-refractivity contribution >= 4 is 28.8 Å². The highest BCUT2D eigenvalue weighted by atomic mass is 35.5. The van der Waals surface area contributed by atoms with Crippen molar-refractivity contribution in [3.63, 3.8) is 0 Å². The molecule has 22 heavy (non-hydrogen) atoms. The van der Waals surface area contributed by atoms with E-state index in [4.69, 9.17) is 16.3 Å². The second-order valence-corrected chi connectivity index (χ2v) is 5.84. The highest BCUT2D eigenvalue weighted by Gasteiger charge is 2.11. The minimum Gasteiger partial charge on any atom is -0.383 e. The summed E-state index contributed by atoms with van der Waals surface area (Å²) < 4.78 is 4.92. The van der Waals surface area contributed by atoms with Crippen molar-refractivity contribution in [1.82, 2.24) is 15.6 Å². The third-order valence-electron chi connectivity index (χ3n) is 2.90. The lowest BCUT2D eigenvalue weighted by Gasteiger charge is -2.05. The number of amides is 1. The van der Waals surface area contributed by atoms with Crippen molar-refractivity contribution in [3.8, 4) is 10.6 Å². The number of ether oxygens (including phenoxy) is 1. The molecule has 0 aliphatic carbocycles. The Labute approximate surface area is 138 Å². The van der Waals surface area contributed by atoms with Gasteiger partial charge in [-0.2, -0.15) is 0 Å². The van der Waals surface area contributed by atoms with Gasteiger partial charge in [0.15, 0.2) is 0 Å². The van der Waals surface area contributed by atoms with E-state index in [1.807, 2.05) is 24.3 Å². The Morgan fingerprint density at radius 2 is 2.05 bits per heavy atom. The Balaban J connectivity index is 1.83. The number of methoxy groups -OCH3 is 1. The van der Waals surface area contributed by atoms with Crippen molar-refractivity contribution in [3.05, 3.63) is 40.4 Å². The Bertz CT molecular complexity index is 601. The van der Waals surface area contributed by atoms with Gasteiger partial charge >= 0.3 is 0 Å². The van der Waals surface area contributed by atoms with Crippen LogP contribution in [-0.2, 0) is 4.74 Å². The van der Waals surface area contributed by atoms with Gasteiger partial charge in [-0.25, -0.2) is 4.98 Å². The molecule has 0 bridgehead atoms. The molecular formula is C15H18ClN3O2S. The lowest BCUT2D eigenvalue weighted by molar-refractivity contribution is 0.0949. The number of hydrogen-bond acceptors (Lipinski definition) is 5. The third-order valence-corrected chi connectivity index (χ3v) is 4.04. The molecule has 1 amide bonds. The number of halogens is 1. The van der Waals surface area contributed by atoms with E-state index in [2.05, 4.69) is 15.6 Å². The fourth-order valence-corrected chi connectivity index (χ4v) is 2.69. The van der Waals surface area contributed by atoms with E-state index in [0.29, 0.717) is 30.4 Å². The molecule has 2 aromatic rings. The van der Waals surface area contributed by atoms with E-state index in [0.717, 1.165) is 17.1 Å². The van der Waals surface area contributed by atoms with Gasteiger partial charge in [0.05, 0.1) is 6.61 Å². The number of carbonyl (C=O) groups is 1. The monoisotopic (exact) mass is 339 g/mol. The molecule has 0 saturated heterocycles. The standard InChI is InChI=1S/C15H18ClN3O2S/c1-21-9-8-17-6-7-18-14(20)13-10-22-15(19-13)11-2-4-12(16)5-3-11/h2-5,10,17H,6-9H2,1H3,(H,18,20). The maximum Gasteiger partial charge on any atom is 0.270 e. The van der Waals surface area contributed by atoms with E-state index in [1.165, 1.54) is 11.3 Å². The average molecular weight is 340 g/mol. The third kappa shape index (κ3) is 5.06. The zero-order valence-electron chi connectivity index (χ0n) is 12.3. The second kappa shape index (κ2) is 8.85. The lowest BCUT2D eigenvalue weighted by atomic mass is 10.2. The summed E-state index contributed by atoms with van der Waals surface area (Å²) in [5.74, 6) is -0.162. The number of aromatic nitrogens is 1. The lowest BCUT2D eigenvalue weighted by Crippen LogP contribution is -2.33. The average Bonchev–Trinajstić information content (AvgIpc) is 3.01. The number of benzene rings is 1. The molecule has 0 spiro atoms. The van der Waals surface area contributed by atoms with E-state index < -0.39 is 0 Å². The summed E-state index contributed by atoms with van der Waals surface area (Å²) in [5.41, 5.74) is 1.39. The molecule has 0 unspecified atom stereocenters. The highest BCUT2D eigenvalue weighted by molar-refractivity contribution is 7.13. The van der Waals surface area contributed by atoms with Gasteiger partial charge in [-0.15, -0.1) is 11.3 Å². The Morgan fingerprint density at radius 1 is 1.27 bits per heavy atom. The topological polar surface area (TPSA) is 63.2 Å². The molecule has 1 heterocycles. The molecule has 0 aliphatic heterocycles. The predicted octanol–water partition coefficient (Wildman–Crippen LogP) is 2.43. The van der Waals surface area contributed by atoms with Crippen LogP contribution in [0.25, 0.3) is 10.6 Å². The van der Waals surface area contributed by atoms with E-state index in [9.17, 15) is 4.79 Å². The van der Waals surface area contributed by atoms with Crippen LogP contribution >= 0.6 is 22.9 Å². The minimum atomic E-state index is -0.162. The van der Waals surface area contributed by atoms with Crippen LogP contribution in [0.5, 0.6) is 0 Å². The zero-order chi connectivity index (χ0) is 15.8. The largest absolute Gasteiger partial charge is 0.383 e. The molecular weight excluding hydrogens is 322 g/mol. The zero-order valence-corrected chi connectivity index (χ0v) is 13.8. The molecule has 0 atom stereocenters. The molecule has 0 saturated carbocycles. The highest BCUT2D eigenvalue weighted by Crippen LogP contribution is 2.24. The van der Waals surface area contributed by atoms with Crippen LogP contribution in [0, 0.1) is 0 Å². The van der Waals surface area contributed by atoms with Crippen LogP contribution in [0.3, 0.4) is 0 Å². The Hall–Kier alpha value is -1.47. The van der Waals surface area contributed by atoms with Crippen molar-refractivity contribution in [2.45, 2.75) is 0 Å². The molecule has 2 rings (SSSR count). The van der Waals surface area contributed by atoms with Crippen molar-refractivity contribution in [1.29, 1.82) is 0 Å². The van der Waals surface area contributed by atoms with Gasteiger partial charge in [0, 0.05) is 42.7 Å². The van der Waals surface area contributed by atoms with Gasteiger partial charge in [0.1, 0.15) is 10.7 Å². The van der Waals surface area contributed by atoms with Crippen LogP contribution in [0.1, 0.15) is 10.5 Å². The maximum absolute atomic E-state index is 12.0. The Kier molecular flexibility index (Phi) is 6.79. The minimum absolute atomic E-state index is 0.162. The van der Waals surface area contributed by atoms with Gasteiger partial charge < -0.3 is 15.4 Å². The van der Waals surface area contributed by atoms with Gasteiger partial charge in [-0.05, 0) is 12.1 Å². The maximum atomic E-state index is 12.0. The van der Waals surface area contributed by atoms with Gasteiger partial charge in [-0.3, -0.25) is 4.79 Å². The number of nitrogens with zero attached hydrogens (tertiary/aromatic N) is 1. The SMILES string of the molecule is COCCNCCNC(=O)c1csc(-c2ccc(Cl)cc2)n1.